The number of hydrogen-bond acceptors (Lipinski definition) is 8. The van der Waals surface area contributed by atoms with E-state index in [0.29, 0.717) is 31.2 Å². The third kappa shape index (κ3) is 4.84. The van der Waals surface area contributed by atoms with Crippen LogP contribution >= 0.6 is 11.3 Å². The molecule has 1 aromatic carbocycles. The van der Waals surface area contributed by atoms with E-state index in [-0.39, 0.29) is 12.4 Å². The highest BCUT2D eigenvalue weighted by Gasteiger charge is 2.34. The first-order chi connectivity index (χ1) is 15.1. The van der Waals surface area contributed by atoms with E-state index in [2.05, 4.69) is 15.2 Å². The first-order valence-corrected chi connectivity index (χ1v) is 11.2. The van der Waals surface area contributed by atoms with Gasteiger partial charge in [-0.2, -0.15) is 0 Å². The zero-order valence-corrected chi connectivity index (χ0v) is 18.4. The lowest BCUT2D eigenvalue weighted by atomic mass is 9.92. The van der Waals surface area contributed by atoms with Crippen LogP contribution in [0.4, 0.5) is 4.39 Å². The number of aryl methyl sites for hydroxylation is 1. The van der Waals surface area contributed by atoms with E-state index in [0.717, 1.165) is 34.9 Å². The van der Waals surface area contributed by atoms with E-state index in [1.54, 1.807) is 19.2 Å². The minimum absolute atomic E-state index is 0.255. The average Bonchev–Trinajstić information content (AvgIpc) is 3.29. The highest BCUT2D eigenvalue weighted by Crippen LogP contribution is 2.35. The third-order valence-corrected chi connectivity index (χ3v) is 6.05. The van der Waals surface area contributed by atoms with Gasteiger partial charge < -0.3 is 14.8 Å². The van der Waals surface area contributed by atoms with Crippen molar-refractivity contribution in [3.05, 3.63) is 63.0 Å². The number of aliphatic imine (C=N–C) groups is 1. The van der Waals surface area contributed by atoms with Crippen molar-refractivity contribution in [2.45, 2.75) is 19.9 Å². The van der Waals surface area contributed by atoms with Crippen LogP contribution in [0.2, 0.25) is 0 Å². The number of nitrogens with zero attached hydrogens (tertiary/aromatic N) is 3. The number of rotatable bonds is 6. The zero-order valence-electron chi connectivity index (χ0n) is 17.6. The number of aromatic nitrogens is 1. The van der Waals surface area contributed by atoms with Gasteiger partial charge in [-0.3, -0.25) is 9.89 Å². The van der Waals surface area contributed by atoms with Crippen LogP contribution in [0.25, 0.3) is 0 Å². The van der Waals surface area contributed by atoms with Crippen LogP contribution in [0.5, 0.6) is 0 Å². The maximum Gasteiger partial charge on any atom is 0.338 e. The van der Waals surface area contributed by atoms with E-state index in [9.17, 15) is 9.18 Å². The monoisotopic (exact) mass is 444 g/mol. The second-order valence-electron chi connectivity index (χ2n) is 7.34. The Kier molecular flexibility index (Phi) is 6.74. The van der Waals surface area contributed by atoms with Gasteiger partial charge in [0.1, 0.15) is 11.9 Å². The van der Waals surface area contributed by atoms with E-state index in [1.165, 1.54) is 23.5 Å². The highest BCUT2D eigenvalue weighted by molar-refractivity contribution is 7.11. The van der Waals surface area contributed by atoms with Crippen molar-refractivity contribution in [1.82, 2.24) is 15.2 Å². The Labute approximate surface area is 184 Å². The number of halogens is 1. The number of esters is 1. The number of benzene rings is 1. The Morgan fingerprint density at radius 1 is 1.39 bits per heavy atom. The van der Waals surface area contributed by atoms with Crippen LogP contribution in [0.3, 0.4) is 0 Å². The molecule has 164 valence electrons. The summed E-state index contributed by atoms with van der Waals surface area (Å²) in [6.45, 7) is 7.22. The summed E-state index contributed by atoms with van der Waals surface area (Å²) in [6.07, 6.45) is 1.72. The van der Waals surface area contributed by atoms with Gasteiger partial charge in [0.15, 0.2) is 10.8 Å². The predicted molar refractivity (Wildman–Crippen MR) is 117 cm³/mol. The Hall–Kier alpha value is -2.62. The molecule has 0 amide bonds. The first-order valence-electron chi connectivity index (χ1n) is 10.3. The Morgan fingerprint density at radius 2 is 2.19 bits per heavy atom. The van der Waals surface area contributed by atoms with Gasteiger partial charge in [-0.15, -0.1) is 11.3 Å². The predicted octanol–water partition coefficient (Wildman–Crippen LogP) is 2.83. The molecule has 0 radical (unpaired) electrons. The molecule has 0 saturated carbocycles. The number of ether oxygens (including phenoxy) is 2. The van der Waals surface area contributed by atoms with Crippen molar-refractivity contribution in [1.29, 1.82) is 0 Å². The number of thiazole rings is 1. The van der Waals surface area contributed by atoms with Gasteiger partial charge in [0.2, 0.25) is 0 Å². The topological polar surface area (TPSA) is 76.0 Å². The minimum atomic E-state index is -0.615. The smallest absolute Gasteiger partial charge is 0.338 e. The molecular formula is C22H25FN4O3S. The second kappa shape index (κ2) is 9.67. The van der Waals surface area contributed by atoms with Crippen molar-refractivity contribution >= 4 is 23.1 Å². The van der Waals surface area contributed by atoms with Gasteiger partial charge in [-0.1, -0.05) is 6.07 Å². The van der Waals surface area contributed by atoms with Crippen LogP contribution in [-0.4, -0.2) is 61.1 Å². The number of carbonyl (C=O) groups excluding carboxylic acids is 1. The second-order valence-corrected chi connectivity index (χ2v) is 8.24. The Morgan fingerprint density at radius 3 is 2.87 bits per heavy atom. The van der Waals surface area contributed by atoms with E-state index in [1.807, 2.05) is 12.3 Å². The van der Waals surface area contributed by atoms with E-state index < -0.39 is 12.0 Å². The van der Waals surface area contributed by atoms with Gasteiger partial charge in [-0.25, -0.2) is 14.2 Å². The third-order valence-electron chi connectivity index (χ3n) is 5.27. The lowest BCUT2D eigenvalue weighted by Crippen LogP contribution is -2.43. The highest BCUT2D eigenvalue weighted by atomic mass is 32.1. The molecule has 1 atom stereocenters. The standard InChI is InChI=1S/C22H25FN4O3S/c1-3-30-22(28)18-17(13-27-7-9-29-10-8-27)25-20(21-24-6-11-31-21)26-19(18)16-5-4-15(23)12-14(16)2/h4-6,11-12,19H,3,7-10,13H2,1-2H3,(H,25,26)/t19-/m0/s1. The maximum absolute atomic E-state index is 13.8. The number of morpholine rings is 1. The largest absolute Gasteiger partial charge is 0.463 e. The summed E-state index contributed by atoms with van der Waals surface area (Å²) < 4.78 is 24.7. The number of amidine groups is 1. The van der Waals surface area contributed by atoms with Gasteiger partial charge in [-0.05, 0) is 37.1 Å². The van der Waals surface area contributed by atoms with Crippen LogP contribution < -0.4 is 5.32 Å². The molecule has 31 heavy (non-hydrogen) atoms. The summed E-state index contributed by atoms with van der Waals surface area (Å²) in [5, 5.41) is 5.95. The molecule has 4 rings (SSSR count). The van der Waals surface area contributed by atoms with E-state index in [4.69, 9.17) is 14.5 Å². The molecule has 1 fully saturated rings. The number of hydrogen-bond donors (Lipinski definition) is 1. The molecule has 0 aliphatic carbocycles. The molecule has 0 bridgehead atoms. The van der Waals surface area contributed by atoms with Crippen LogP contribution in [0.15, 0.2) is 46.0 Å². The SMILES string of the molecule is CCOC(=O)C1=C(CN2CCOCC2)NC(c2nccs2)=N[C@H]1c1ccc(F)cc1C. The fourth-order valence-electron chi connectivity index (χ4n) is 3.77. The van der Waals surface area contributed by atoms with Crippen molar-refractivity contribution in [3.63, 3.8) is 0 Å². The summed E-state index contributed by atoms with van der Waals surface area (Å²) in [5.74, 6) is -0.150. The van der Waals surface area contributed by atoms with Gasteiger partial charge in [0.25, 0.3) is 0 Å². The molecule has 2 aliphatic rings. The van der Waals surface area contributed by atoms with Gasteiger partial charge in [0, 0.05) is 36.9 Å². The molecule has 3 heterocycles. The van der Waals surface area contributed by atoms with Crippen molar-refractivity contribution in [2.24, 2.45) is 4.99 Å². The first kappa shape index (κ1) is 21.6. The summed E-state index contributed by atoms with van der Waals surface area (Å²) in [7, 11) is 0. The number of carbonyl (C=O) groups is 1. The molecule has 1 aromatic heterocycles. The average molecular weight is 445 g/mol. The normalized spacial score (nSPS) is 19.7. The summed E-state index contributed by atoms with van der Waals surface area (Å²) in [6, 6.07) is 3.93. The fourth-order valence-corrected chi connectivity index (χ4v) is 4.36. The molecule has 7 nitrogen and oxygen atoms in total. The van der Waals surface area contributed by atoms with Crippen LogP contribution in [0, 0.1) is 12.7 Å². The summed E-state index contributed by atoms with van der Waals surface area (Å²) >= 11 is 1.46. The molecule has 0 spiro atoms. The van der Waals surface area contributed by atoms with Crippen molar-refractivity contribution in [3.8, 4) is 0 Å². The van der Waals surface area contributed by atoms with Gasteiger partial charge >= 0.3 is 5.97 Å². The zero-order chi connectivity index (χ0) is 21.8. The van der Waals surface area contributed by atoms with Crippen LogP contribution in [-0.2, 0) is 14.3 Å². The Bertz CT molecular complexity index is 1000. The molecule has 9 heteroatoms. The minimum Gasteiger partial charge on any atom is -0.463 e. The van der Waals surface area contributed by atoms with Gasteiger partial charge in [0.05, 0.1) is 25.4 Å². The molecule has 2 aromatic rings. The van der Waals surface area contributed by atoms with Crippen molar-refractivity contribution in [2.75, 3.05) is 39.5 Å². The number of nitrogens with one attached hydrogen (secondary N) is 1. The molecule has 1 N–H and O–H groups in total. The molecule has 2 aliphatic heterocycles. The Balaban J connectivity index is 1.81. The molecular weight excluding hydrogens is 419 g/mol. The fraction of sp³-hybridized carbons (Fsp3) is 0.409. The molecule has 0 unspecified atom stereocenters. The lowest BCUT2D eigenvalue weighted by molar-refractivity contribution is -0.139. The quantitative estimate of drug-likeness (QED) is 0.691. The van der Waals surface area contributed by atoms with Crippen LogP contribution in [0.1, 0.15) is 29.1 Å². The van der Waals surface area contributed by atoms with Crippen molar-refractivity contribution < 1.29 is 18.7 Å². The van der Waals surface area contributed by atoms with E-state index >= 15 is 0 Å². The maximum atomic E-state index is 13.8. The summed E-state index contributed by atoms with van der Waals surface area (Å²) in [4.78, 5) is 24.5. The summed E-state index contributed by atoms with van der Waals surface area (Å²) in [5.41, 5.74) is 2.67. The lowest BCUT2D eigenvalue weighted by Gasteiger charge is -2.32. The molecule has 1 saturated heterocycles.